The van der Waals surface area contributed by atoms with Crippen LogP contribution in [0.15, 0.2) is 164 Å². The Hall–Kier alpha value is -7.93. The third kappa shape index (κ3) is 14.3. The maximum atomic E-state index is 14.8. The van der Waals surface area contributed by atoms with E-state index in [1.807, 2.05) is 115 Å². The number of hydrogen-bond acceptors (Lipinski definition) is 8. The number of nitrogens with zero attached hydrogens (tertiary/aromatic N) is 1. The van der Waals surface area contributed by atoms with E-state index in [-0.39, 0.29) is 38.5 Å². The van der Waals surface area contributed by atoms with Crippen LogP contribution in [0.2, 0.25) is 0 Å². The van der Waals surface area contributed by atoms with Crippen molar-refractivity contribution in [3.05, 3.63) is 192 Å². The predicted octanol–water partition coefficient (Wildman–Crippen LogP) is 6.03. The minimum absolute atomic E-state index is 0.0316. The molecule has 1 aromatic heterocycles. The van der Waals surface area contributed by atoms with Crippen LogP contribution in [0.3, 0.4) is 0 Å². The van der Waals surface area contributed by atoms with E-state index in [2.05, 4.69) is 26.3 Å². The van der Waals surface area contributed by atoms with E-state index < -0.39 is 72.1 Å². The van der Waals surface area contributed by atoms with Gasteiger partial charge < -0.3 is 31.1 Å². The minimum Gasteiger partial charge on any atom is -0.484 e. The molecule has 13 nitrogen and oxygen atoms in total. The van der Waals surface area contributed by atoms with Crippen molar-refractivity contribution in [3.8, 4) is 16.9 Å². The van der Waals surface area contributed by atoms with Gasteiger partial charge in [0.2, 0.25) is 17.7 Å². The van der Waals surface area contributed by atoms with Crippen LogP contribution in [0.5, 0.6) is 5.75 Å². The highest BCUT2D eigenvalue weighted by molar-refractivity contribution is 5.96. The number of hydrogen-bond donors (Lipinski definition) is 5. The van der Waals surface area contributed by atoms with Gasteiger partial charge >= 0.3 is 5.97 Å². The fourth-order valence-corrected chi connectivity index (χ4v) is 8.22. The van der Waals surface area contributed by atoms with Crippen LogP contribution >= 0.6 is 0 Å². The summed E-state index contributed by atoms with van der Waals surface area (Å²) < 4.78 is 5.82. The smallest absolute Gasteiger partial charge is 0.326 e. The van der Waals surface area contributed by atoms with Gasteiger partial charge in [0.05, 0.1) is 6.04 Å². The molecule has 0 radical (unpaired) electrons. The number of carboxylic acids is 1. The Bertz CT molecular complexity index is 2610. The number of amides is 4. The summed E-state index contributed by atoms with van der Waals surface area (Å²) in [5.74, 6) is -4.83. The fourth-order valence-electron chi connectivity index (χ4n) is 8.22. The molecule has 0 saturated heterocycles. The molecule has 348 valence electrons. The lowest BCUT2D eigenvalue weighted by Crippen LogP contribution is -2.57. The first-order chi connectivity index (χ1) is 33.1. The van der Waals surface area contributed by atoms with E-state index in [1.165, 1.54) is 0 Å². The molecular formula is C55H55N5O8. The van der Waals surface area contributed by atoms with Crippen molar-refractivity contribution >= 4 is 35.4 Å². The number of carboxylic acid groups (broad SMARTS) is 1. The normalized spacial score (nSPS) is 18.6. The number of rotatable bonds is 14. The van der Waals surface area contributed by atoms with Gasteiger partial charge in [-0.05, 0) is 95.3 Å². The van der Waals surface area contributed by atoms with Crippen molar-refractivity contribution in [2.45, 2.75) is 75.5 Å². The fraction of sp³-hybridized carbons (Fsp3) is 0.255. The van der Waals surface area contributed by atoms with Crippen LogP contribution in [0, 0.1) is 5.92 Å². The SMILES string of the molecule is O=C1COc2ccc(cc2)C[C@H](C(=O)N[C@H](CCc2ccccc2)C(=O)O)CC(=O)[C@H](CCc2ccccc2)NC(=O)[C@@H](Cc2ccc(-c3ccccc3)cc2)NC(=O)[C@H](Cc2ccncc2)N1. The van der Waals surface area contributed by atoms with Gasteiger partial charge in [-0.3, -0.25) is 29.0 Å². The second-order valence-electron chi connectivity index (χ2n) is 17.0. The number of carbonyl (C=O) groups is 6. The number of aromatic nitrogens is 1. The van der Waals surface area contributed by atoms with Crippen LogP contribution in [-0.4, -0.2) is 76.2 Å². The molecule has 2 aliphatic rings. The van der Waals surface area contributed by atoms with Crippen molar-refractivity contribution in [1.29, 1.82) is 0 Å². The van der Waals surface area contributed by atoms with Gasteiger partial charge in [0, 0.05) is 37.6 Å². The molecule has 0 fully saturated rings. The van der Waals surface area contributed by atoms with Crippen molar-refractivity contribution in [3.63, 3.8) is 0 Å². The molecule has 0 spiro atoms. The number of benzene rings is 5. The summed E-state index contributed by atoms with van der Waals surface area (Å²) in [6, 6.07) is 41.7. The molecule has 2 aliphatic heterocycles. The van der Waals surface area contributed by atoms with Crippen LogP contribution < -0.4 is 26.0 Å². The summed E-state index contributed by atoms with van der Waals surface area (Å²) in [6.45, 7) is -0.431. The van der Waals surface area contributed by atoms with E-state index in [4.69, 9.17) is 4.74 Å². The van der Waals surface area contributed by atoms with Gasteiger partial charge in [-0.1, -0.05) is 127 Å². The Labute approximate surface area is 395 Å². The highest BCUT2D eigenvalue weighted by Gasteiger charge is 2.33. The number of ketones is 1. The third-order valence-corrected chi connectivity index (χ3v) is 12.0. The summed E-state index contributed by atoms with van der Waals surface area (Å²) in [7, 11) is 0. The Balaban J connectivity index is 1.21. The van der Waals surface area contributed by atoms with Gasteiger partial charge in [-0.2, -0.15) is 0 Å². The van der Waals surface area contributed by atoms with E-state index >= 15 is 0 Å². The zero-order valence-electron chi connectivity index (χ0n) is 37.6. The molecular weight excluding hydrogens is 859 g/mol. The Morgan fingerprint density at radius 1 is 0.603 bits per heavy atom. The lowest BCUT2D eigenvalue weighted by molar-refractivity contribution is -0.143. The largest absolute Gasteiger partial charge is 0.484 e. The number of aryl methyl sites for hydroxylation is 2. The van der Waals surface area contributed by atoms with Crippen LogP contribution in [0.1, 0.15) is 47.1 Å². The number of Topliss-reactive ketones (excluding diaryl/α,β-unsaturated/α-hetero) is 1. The van der Waals surface area contributed by atoms with Gasteiger partial charge in [-0.15, -0.1) is 0 Å². The predicted molar refractivity (Wildman–Crippen MR) is 257 cm³/mol. The maximum absolute atomic E-state index is 14.8. The molecule has 5 atom stereocenters. The van der Waals surface area contributed by atoms with E-state index in [9.17, 15) is 33.9 Å². The number of carbonyl (C=O) groups excluding carboxylic acids is 5. The van der Waals surface area contributed by atoms with Crippen molar-refractivity contribution in [2.75, 3.05) is 6.61 Å². The van der Waals surface area contributed by atoms with Gasteiger partial charge in [0.15, 0.2) is 12.4 Å². The highest BCUT2D eigenvalue weighted by Crippen LogP contribution is 2.22. The second-order valence-corrected chi connectivity index (χ2v) is 17.0. The van der Waals surface area contributed by atoms with Crippen LogP contribution in [0.25, 0.3) is 11.1 Å². The second kappa shape index (κ2) is 24.0. The van der Waals surface area contributed by atoms with Crippen LogP contribution in [-0.2, 0) is 60.9 Å². The standard InChI is InChI=1S/C55H55N5O8/c61-50-35-44(52(63)59-47(55(66)67)27-21-38-12-6-2-7-13-38)32-39-18-24-45(25-19-39)68-36-51(62)57-48(34-41-28-30-56-31-29-41)53(64)60-49(54(65)58-46(50)26-20-37-10-4-1-5-11-37)33-40-16-22-43(23-17-40)42-14-8-3-9-15-42/h1-19,22-25,28-31,44,46-49H,20-21,26-27,32-36H2,(H,57,62)(H,58,65)(H,59,63)(H,60,64)(H,66,67)/t44-,46-,47+,48-,49+/m0/s1. The summed E-state index contributed by atoms with van der Waals surface area (Å²) in [4.78, 5) is 88.2. The van der Waals surface area contributed by atoms with Gasteiger partial charge in [-0.25, -0.2) is 4.79 Å². The van der Waals surface area contributed by atoms with E-state index in [0.29, 0.717) is 29.7 Å². The van der Waals surface area contributed by atoms with Crippen molar-refractivity contribution in [1.82, 2.24) is 26.3 Å². The molecule has 68 heavy (non-hydrogen) atoms. The average molecular weight is 914 g/mol. The van der Waals surface area contributed by atoms with Crippen molar-refractivity contribution < 1.29 is 38.6 Å². The molecule has 0 aliphatic carbocycles. The number of fused-ring (bicyclic) bond motifs is 16. The summed E-state index contributed by atoms with van der Waals surface area (Å²) in [6.07, 6.45) is 4.06. The first-order valence-corrected chi connectivity index (χ1v) is 22.8. The van der Waals surface area contributed by atoms with Crippen LogP contribution in [0.4, 0.5) is 0 Å². The van der Waals surface area contributed by atoms with Crippen molar-refractivity contribution in [2.24, 2.45) is 5.92 Å². The van der Waals surface area contributed by atoms with E-state index in [1.54, 1.807) is 48.8 Å². The zero-order chi connectivity index (χ0) is 47.7. The number of aliphatic carboxylic acids is 1. The monoisotopic (exact) mass is 913 g/mol. The van der Waals surface area contributed by atoms with Gasteiger partial charge in [0.25, 0.3) is 5.91 Å². The Kier molecular flexibility index (Phi) is 17.0. The molecule has 5 N–H and O–H groups in total. The lowest BCUT2D eigenvalue weighted by atomic mass is 9.89. The Morgan fingerprint density at radius 2 is 1.15 bits per heavy atom. The number of nitrogens with one attached hydrogen (secondary N) is 4. The zero-order valence-corrected chi connectivity index (χ0v) is 37.6. The summed E-state index contributed by atoms with van der Waals surface area (Å²) in [5.41, 5.74) is 5.88. The molecule has 8 rings (SSSR count). The highest BCUT2D eigenvalue weighted by atomic mass is 16.5. The minimum atomic E-state index is -1.24. The van der Waals surface area contributed by atoms with Gasteiger partial charge in [0.1, 0.15) is 23.9 Å². The molecule has 4 amide bonds. The lowest BCUT2D eigenvalue weighted by Gasteiger charge is -2.26. The molecule has 0 saturated carbocycles. The third-order valence-electron chi connectivity index (χ3n) is 12.0. The number of ether oxygens (including phenoxy) is 1. The Morgan fingerprint density at radius 3 is 1.76 bits per heavy atom. The first-order valence-electron chi connectivity index (χ1n) is 22.8. The molecule has 13 heteroatoms. The first kappa shape index (κ1) is 48.0. The number of pyridine rings is 1. The quantitative estimate of drug-likeness (QED) is 0.0812. The topological polar surface area (TPSA) is 193 Å². The molecule has 3 heterocycles. The average Bonchev–Trinajstić information content (AvgIpc) is 3.36. The maximum Gasteiger partial charge on any atom is 0.326 e. The van der Waals surface area contributed by atoms with E-state index in [0.717, 1.165) is 27.8 Å². The molecule has 0 unspecified atom stereocenters. The molecule has 5 aromatic carbocycles. The molecule has 6 aromatic rings. The summed E-state index contributed by atoms with van der Waals surface area (Å²) >= 11 is 0. The summed E-state index contributed by atoms with van der Waals surface area (Å²) in [5, 5.41) is 21.6. The molecule has 2 bridgehead atoms.